The van der Waals surface area contributed by atoms with Gasteiger partial charge in [-0.3, -0.25) is 9.97 Å². The maximum Gasteiger partial charge on any atom is 0.165 e. The molecule has 0 aliphatic rings. The Morgan fingerprint density at radius 1 is 0.351 bits per heavy atom. The summed E-state index contributed by atoms with van der Waals surface area (Å²) in [6.45, 7) is 0. The Kier molecular flexibility index (Phi) is 6.76. The van der Waals surface area contributed by atoms with Crippen molar-refractivity contribution in [1.82, 2.24) is 34.1 Å². The average Bonchev–Trinajstić information content (AvgIpc) is 3.95. The maximum atomic E-state index is 7.11. The van der Waals surface area contributed by atoms with Crippen LogP contribution in [0.15, 0.2) is 181 Å². The van der Waals surface area contributed by atoms with Gasteiger partial charge in [-0.25, -0.2) is 15.0 Å². The Morgan fingerprint density at radius 3 is 1.33 bits per heavy atom. The van der Waals surface area contributed by atoms with Crippen LogP contribution in [-0.2, 0) is 0 Å². The zero-order valence-corrected chi connectivity index (χ0v) is 30.3. The summed E-state index contributed by atoms with van der Waals surface area (Å²) in [5.74, 6) is 1.67. The lowest BCUT2D eigenvalue weighted by atomic mass is 10.1. The second-order valence-corrected chi connectivity index (χ2v) is 14.2. The summed E-state index contributed by atoms with van der Waals surface area (Å²) in [5.41, 5.74) is 10.8. The molecule has 266 valence electrons. The Labute approximate surface area is 325 Å². The summed E-state index contributed by atoms with van der Waals surface area (Å²) in [6.07, 6.45) is 7.01. The van der Waals surface area contributed by atoms with Gasteiger partial charge in [0.15, 0.2) is 17.5 Å². The Hall–Kier alpha value is -7.97. The molecule has 0 atom stereocenters. The first-order chi connectivity index (χ1) is 28.3. The predicted molar refractivity (Wildman–Crippen MR) is 228 cm³/mol. The van der Waals surface area contributed by atoms with Gasteiger partial charge in [-0.2, -0.15) is 0 Å². The molecule has 8 nitrogen and oxygen atoms in total. The van der Waals surface area contributed by atoms with Crippen molar-refractivity contribution >= 4 is 65.6 Å². The van der Waals surface area contributed by atoms with Gasteiger partial charge in [0.2, 0.25) is 0 Å². The van der Waals surface area contributed by atoms with E-state index in [-0.39, 0.29) is 0 Å². The van der Waals surface area contributed by atoms with Gasteiger partial charge in [0.25, 0.3) is 0 Å². The lowest BCUT2D eigenvalue weighted by Crippen LogP contribution is -2.01. The third kappa shape index (κ3) is 4.77. The first kappa shape index (κ1) is 31.4. The van der Waals surface area contributed by atoms with Crippen LogP contribution in [0.2, 0.25) is 0 Å². The Balaban J connectivity index is 1.04. The SMILES string of the molecule is c1ccc(-n2c3ccccc3c3c4oc5c(ccc6c5c5ccccc5n6-c5ccc(-c6nc(-c7cccnc7)nc(-c7cccnc7)n6)cc5)c4ccc32)cc1. The van der Waals surface area contributed by atoms with Gasteiger partial charge in [0.05, 0.1) is 32.8 Å². The number of rotatable bonds is 5. The zero-order valence-electron chi connectivity index (χ0n) is 30.3. The highest BCUT2D eigenvalue weighted by molar-refractivity contribution is 6.29. The van der Waals surface area contributed by atoms with E-state index in [1.807, 2.05) is 24.3 Å². The van der Waals surface area contributed by atoms with Crippen LogP contribution in [0.25, 0.3) is 111 Å². The number of aromatic nitrogens is 7. The minimum atomic E-state index is 0.551. The van der Waals surface area contributed by atoms with Crippen molar-refractivity contribution in [3.05, 3.63) is 176 Å². The topological polar surface area (TPSA) is 87.5 Å². The average molecular weight is 732 g/mol. The summed E-state index contributed by atoms with van der Waals surface area (Å²) in [6, 6.07) is 52.7. The van der Waals surface area contributed by atoms with E-state index in [1.165, 1.54) is 0 Å². The number of hydrogen-bond acceptors (Lipinski definition) is 6. The van der Waals surface area contributed by atoms with E-state index >= 15 is 0 Å². The van der Waals surface area contributed by atoms with Gasteiger partial charge < -0.3 is 13.6 Å². The van der Waals surface area contributed by atoms with Crippen molar-refractivity contribution in [1.29, 1.82) is 0 Å². The molecule has 12 rings (SSSR count). The smallest absolute Gasteiger partial charge is 0.165 e. The van der Waals surface area contributed by atoms with Gasteiger partial charge in [-0.1, -0.05) is 54.6 Å². The van der Waals surface area contributed by atoms with E-state index in [0.29, 0.717) is 17.5 Å². The molecule has 0 aliphatic heterocycles. The summed E-state index contributed by atoms with van der Waals surface area (Å²) >= 11 is 0. The highest BCUT2D eigenvalue weighted by atomic mass is 16.3. The van der Waals surface area contributed by atoms with Crippen molar-refractivity contribution < 1.29 is 4.42 Å². The van der Waals surface area contributed by atoms with Crippen LogP contribution in [0.5, 0.6) is 0 Å². The molecule has 6 aromatic heterocycles. The maximum absolute atomic E-state index is 7.11. The molecule has 57 heavy (non-hydrogen) atoms. The molecule has 0 saturated carbocycles. The molecule has 0 saturated heterocycles. The third-order valence-electron chi connectivity index (χ3n) is 10.9. The van der Waals surface area contributed by atoms with E-state index in [1.54, 1.807) is 24.8 Å². The number of hydrogen-bond donors (Lipinski definition) is 0. The second kappa shape index (κ2) is 12.3. The zero-order chi connectivity index (χ0) is 37.5. The van der Waals surface area contributed by atoms with E-state index < -0.39 is 0 Å². The van der Waals surface area contributed by atoms with Crippen LogP contribution in [0.4, 0.5) is 0 Å². The lowest BCUT2D eigenvalue weighted by molar-refractivity contribution is 0.677. The number of furan rings is 1. The minimum Gasteiger partial charge on any atom is -0.455 e. The van der Waals surface area contributed by atoms with Gasteiger partial charge >= 0.3 is 0 Å². The van der Waals surface area contributed by atoms with E-state index in [2.05, 4.69) is 146 Å². The van der Waals surface area contributed by atoms with E-state index in [4.69, 9.17) is 19.4 Å². The molecule has 0 amide bonds. The highest BCUT2D eigenvalue weighted by Crippen LogP contribution is 2.44. The molecule has 8 heteroatoms. The van der Waals surface area contributed by atoms with E-state index in [9.17, 15) is 0 Å². The van der Waals surface area contributed by atoms with Crippen LogP contribution in [0, 0.1) is 0 Å². The van der Waals surface area contributed by atoms with Crippen LogP contribution in [-0.4, -0.2) is 34.1 Å². The number of benzene rings is 6. The largest absolute Gasteiger partial charge is 0.455 e. The van der Waals surface area contributed by atoms with Gasteiger partial charge in [0, 0.05) is 74.4 Å². The fraction of sp³-hybridized carbons (Fsp3) is 0. The van der Waals surface area contributed by atoms with Crippen LogP contribution in [0.1, 0.15) is 0 Å². The molecule has 6 heterocycles. The van der Waals surface area contributed by atoms with Gasteiger partial charge in [-0.15, -0.1) is 0 Å². The van der Waals surface area contributed by atoms with Crippen molar-refractivity contribution in [3.8, 4) is 45.5 Å². The summed E-state index contributed by atoms with van der Waals surface area (Å²) in [4.78, 5) is 23.2. The van der Waals surface area contributed by atoms with Crippen molar-refractivity contribution in [2.24, 2.45) is 0 Å². The first-order valence-electron chi connectivity index (χ1n) is 18.8. The third-order valence-corrected chi connectivity index (χ3v) is 10.9. The number of para-hydroxylation sites is 3. The normalized spacial score (nSPS) is 11.9. The number of pyridine rings is 2. The molecular formula is C49H29N7O. The first-order valence-corrected chi connectivity index (χ1v) is 18.8. The minimum absolute atomic E-state index is 0.551. The number of fused-ring (bicyclic) bond motifs is 11. The Bertz CT molecular complexity index is 3440. The molecule has 0 fully saturated rings. The molecule has 0 aliphatic carbocycles. The second-order valence-electron chi connectivity index (χ2n) is 14.2. The standard InChI is InChI=1S/C49H29N7O/c1-2-12-33(13-3-1)55-39-16-6-4-14-37(39)43-41(55)24-22-35-36-23-25-42-44(46(36)57-45(35)43)38-15-5-7-17-40(38)56(42)34-20-18-30(19-21-34)47-52-48(31-10-8-26-50-28-31)54-49(53-47)32-11-9-27-51-29-32/h1-29H. The summed E-state index contributed by atoms with van der Waals surface area (Å²) in [7, 11) is 0. The predicted octanol–water partition coefficient (Wildman–Crippen LogP) is 11.8. The highest BCUT2D eigenvalue weighted by Gasteiger charge is 2.22. The van der Waals surface area contributed by atoms with Gasteiger partial charge in [0.1, 0.15) is 11.2 Å². The van der Waals surface area contributed by atoms with Crippen LogP contribution in [0.3, 0.4) is 0 Å². The van der Waals surface area contributed by atoms with Gasteiger partial charge in [-0.05, 0) is 97.1 Å². The Morgan fingerprint density at radius 2 is 0.825 bits per heavy atom. The van der Waals surface area contributed by atoms with Crippen LogP contribution < -0.4 is 0 Å². The molecule has 0 radical (unpaired) electrons. The van der Waals surface area contributed by atoms with E-state index in [0.717, 1.165) is 93.6 Å². The summed E-state index contributed by atoms with van der Waals surface area (Å²) in [5, 5.41) is 6.69. The fourth-order valence-electron chi connectivity index (χ4n) is 8.44. The van der Waals surface area contributed by atoms with Crippen molar-refractivity contribution in [2.45, 2.75) is 0 Å². The quantitative estimate of drug-likeness (QED) is 0.175. The fourth-order valence-corrected chi connectivity index (χ4v) is 8.44. The van der Waals surface area contributed by atoms with Crippen molar-refractivity contribution in [3.63, 3.8) is 0 Å². The molecule has 0 unspecified atom stereocenters. The molecular weight excluding hydrogens is 703 g/mol. The molecule has 0 bridgehead atoms. The molecule has 0 spiro atoms. The molecule has 12 aromatic rings. The molecule has 0 N–H and O–H groups in total. The van der Waals surface area contributed by atoms with Crippen LogP contribution >= 0.6 is 0 Å². The van der Waals surface area contributed by atoms with Crippen molar-refractivity contribution in [2.75, 3.05) is 0 Å². The molecule has 6 aromatic carbocycles. The monoisotopic (exact) mass is 731 g/mol. The number of nitrogens with zero attached hydrogens (tertiary/aromatic N) is 7. The lowest BCUT2D eigenvalue weighted by Gasteiger charge is -2.10. The summed E-state index contributed by atoms with van der Waals surface area (Å²) < 4.78 is 11.8.